The predicted molar refractivity (Wildman–Crippen MR) is 85.4 cm³/mol. The third-order valence-corrected chi connectivity index (χ3v) is 3.68. The van der Waals surface area contributed by atoms with Crippen LogP contribution in [0.2, 0.25) is 0 Å². The summed E-state index contributed by atoms with van der Waals surface area (Å²) in [7, 11) is 4.85. The molecule has 0 bridgehead atoms. The number of nitrogens with zero attached hydrogens (tertiary/aromatic N) is 1. The topological polar surface area (TPSA) is 52.6 Å². The molecule has 0 saturated heterocycles. The van der Waals surface area contributed by atoms with E-state index < -0.39 is 0 Å². The molecule has 0 spiro atoms. The number of aromatic nitrogens is 1. The quantitative estimate of drug-likeness (QED) is 0.862. The van der Waals surface area contributed by atoms with Crippen LogP contribution in [0.4, 0.5) is 5.69 Å². The number of nitrogens with one attached hydrogen (secondary N) is 1. The average Bonchev–Trinajstić information content (AvgIpc) is 2.53. The van der Waals surface area contributed by atoms with Crippen molar-refractivity contribution in [2.45, 2.75) is 6.54 Å². The van der Waals surface area contributed by atoms with Gasteiger partial charge in [-0.2, -0.15) is 0 Å². The maximum absolute atomic E-state index is 5.37. The lowest BCUT2D eigenvalue weighted by molar-refractivity contribution is 0.350. The average molecular weight is 353 g/mol. The van der Waals surface area contributed by atoms with E-state index >= 15 is 0 Å². The van der Waals surface area contributed by atoms with Crippen molar-refractivity contribution in [3.63, 3.8) is 0 Å². The van der Waals surface area contributed by atoms with E-state index in [-0.39, 0.29) is 0 Å². The molecule has 0 aliphatic rings. The Hall–Kier alpha value is -1.95. The normalized spacial score (nSPS) is 10.1. The Morgan fingerprint density at radius 3 is 2.57 bits per heavy atom. The van der Waals surface area contributed by atoms with Crippen molar-refractivity contribution in [1.29, 1.82) is 0 Å². The zero-order valence-electron chi connectivity index (χ0n) is 12.1. The fraction of sp³-hybridized carbons (Fsp3) is 0.267. The van der Waals surface area contributed by atoms with Crippen LogP contribution < -0.4 is 19.5 Å². The molecule has 112 valence electrons. The molecule has 0 saturated carbocycles. The van der Waals surface area contributed by atoms with Gasteiger partial charge in [0, 0.05) is 22.8 Å². The molecule has 1 aromatic carbocycles. The summed E-state index contributed by atoms with van der Waals surface area (Å²) >= 11 is 3.50. The van der Waals surface area contributed by atoms with Crippen LogP contribution in [0.5, 0.6) is 17.2 Å². The maximum Gasteiger partial charge on any atom is 0.184 e. The van der Waals surface area contributed by atoms with E-state index in [4.69, 9.17) is 14.2 Å². The molecule has 0 aliphatic heterocycles. The van der Waals surface area contributed by atoms with E-state index in [0.717, 1.165) is 21.6 Å². The van der Waals surface area contributed by atoms with E-state index in [2.05, 4.69) is 26.2 Å². The first-order valence-corrected chi connectivity index (χ1v) is 7.12. The van der Waals surface area contributed by atoms with Crippen molar-refractivity contribution >= 4 is 21.6 Å². The Morgan fingerprint density at radius 2 is 1.90 bits per heavy atom. The van der Waals surface area contributed by atoms with E-state index in [1.165, 1.54) is 0 Å². The molecule has 21 heavy (non-hydrogen) atoms. The highest BCUT2D eigenvalue weighted by Gasteiger charge is 2.11. The molecule has 0 atom stereocenters. The molecule has 2 rings (SSSR count). The SMILES string of the molecule is COc1ccc(Br)c(NCc2nccc(OC)c2OC)c1. The summed E-state index contributed by atoms with van der Waals surface area (Å²) in [5.74, 6) is 2.08. The fourth-order valence-corrected chi connectivity index (χ4v) is 2.31. The lowest BCUT2D eigenvalue weighted by atomic mass is 10.2. The summed E-state index contributed by atoms with van der Waals surface area (Å²) in [5, 5.41) is 3.31. The van der Waals surface area contributed by atoms with Crippen LogP contribution in [0.1, 0.15) is 5.69 Å². The lowest BCUT2D eigenvalue weighted by Crippen LogP contribution is -2.05. The van der Waals surface area contributed by atoms with E-state index in [1.807, 2.05) is 18.2 Å². The first-order chi connectivity index (χ1) is 10.2. The third kappa shape index (κ3) is 3.58. The van der Waals surface area contributed by atoms with Gasteiger partial charge in [0.2, 0.25) is 0 Å². The van der Waals surface area contributed by atoms with Crippen LogP contribution in [-0.2, 0) is 6.54 Å². The molecular weight excluding hydrogens is 336 g/mol. The van der Waals surface area contributed by atoms with E-state index in [1.54, 1.807) is 33.6 Å². The van der Waals surface area contributed by atoms with Crippen molar-refractivity contribution in [1.82, 2.24) is 4.98 Å². The molecule has 0 radical (unpaired) electrons. The summed E-state index contributed by atoms with van der Waals surface area (Å²) in [6.45, 7) is 0.506. The fourth-order valence-electron chi connectivity index (χ4n) is 1.92. The van der Waals surface area contributed by atoms with Gasteiger partial charge in [0.25, 0.3) is 0 Å². The van der Waals surface area contributed by atoms with Gasteiger partial charge in [0.05, 0.1) is 33.6 Å². The Labute approximate surface area is 132 Å². The minimum absolute atomic E-state index is 0.506. The van der Waals surface area contributed by atoms with E-state index in [0.29, 0.717) is 18.0 Å². The van der Waals surface area contributed by atoms with Gasteiger partial charge in [0.1, 0.15) is 11.4 Å². The minimum atomic E-state index is 0.506. The Kier molecular flexibility index (Phi) is 5.27. The van der Waals surface area contributed by atoms with Gasteiger partial charge in [-0.05, 0) is 28.1 Å². The molecular formula is C15H17BrN2O3. The molecule has 0 fully saturated rings. The first-order valence-electron chi connectivity index (χ1n) is 6.33. The maximum atomic E-state index is 5.37. The molecule has 6 heteroatoms. The Morgan fingerprint density at radius 1 is 1.10 bits per heavy atom. The van der Waals surface area contributed by atoms with Gasteiger partial charge in [-0.15, -0.1) is 0 Å². The standard InChI is InChI=1S/C15H17BrN2O3/c1-19-10-4-5-11(16)12(8-10)18-9-13-15(21-3)14(20-2)6-7-17-13/h4-8,18H,9H2,1-3H3. The monoisotopic (exact) mass is 352 g/mol. The summed E-state index contributed by atoms with van der Waals surface area (Å²) in [6.07, 6.45) is 1.69. The van der Waals surface area contributed by atoms with Crippen molar-refractivity contribution in [2.24, 2.45) is 0 Å². The zero-order chi connectivity index (χ0) is 15.2. The molecule has 0 aliphatic carbocycles. The molecule has 1 aromatic heterocycles. The van der Waals surface area contributed by atoms with Gasteiger partial charge in [0.15, 0.2) is 11.5 Å². The summed E-state index contributed by atoms with van der Waals surface area (Å²) in [6, 6.07) is 7.50. The molecule has 1 heterocycles. The number of halogens is 1. The highest BCUT2D eigenvalue weighted by atomic mass is 79.9. The first kappa shape index (κ1) is 15.4. The molecule has 2 aromatic rings. The predicted octanol–water partition coefficient (Wildman–Crippen LogP) is 3.48. The Balaban J connectivity index is 2.20. The van der Waals surface area contributed by atoms with Gasteiger partial charge in [-0.3, -0.25) is 4.98 Å². The van der Waals surface area contributed by atoms with Crippen LogP contribution >= 0.6 is 15.9 Å². The summed E-state index contributed by atoms with van der Waals surface area (Å²) in [4.78, 5) is 4.33. The molecule has 0 unspecified atom stereocenters. The van der Waals surface area contributed by atoms with Crippen molar-refractivity contribution in [3.8, 4) is 17.2 Å². The smallest absolute Gasteiger partial charge is 0.184 e. The third-order valence-electron chi connectivity index (χ3n) is 2.99. The second kappa shape index (κ2) is 7.17. The van der Waals surface area contributed by atoms with Crippen molar-refractivity contribution < 1.29 is 14.2 Å². The Bertz CT molecular complexity index is 620. The number of pyridine rings is 1. The highest BCUT2D eigenvalue weighted by molar-refractivity contribution is 9.10. The zero-order valence-corrected chi connectivity index (χ0v) is 13.7. The van der Waals surface area contributed by atoms with Crippen molar-refractivity contribution in [3.05, 3.63) is 40.6 Å². The van der Waals surface area contributed by atoms with Gasteiger partial charge < -0.3 is 19.5 Å². The number of ether oxygens (including phenoxy) is 3. The molecule has 5 nitrogen and oxygen atoms in total. The second-order valence-corrected chi connectivity index (χ2v) is 5.05. The lowest BCUT2D eigenvalue weighted by Gasteiger charge is -2.14. The van der Waals surface area contributed by atoms with Crippen LogP contribution in [0.15, 0.2) is 34.9 Å². The van der Waals surface area contributed by atoms with Gasteiger partial charge >= 0.3 is 0 Å². The minimum Gasteiger partial charge on any atom is -0.497 e. The van der Waals surface area contributed by atoms with Gasteiger partial charge in [-0.25, -0.2) is 0 Å². The van der Waals surface area contributed by atoms with Crippen LogP contribution in [0.3, 0.4) is 0 Å². The van der Waals surface area contributed by atoms with Crippen LogP contribution in [0.25, 0.3) is 0 Å². The second-order valence-electron chi connectivity index (χ2n) is 4.19. The number of methoxy groups -OCH3 is 3. The van der Waals surface area contributed by atoms with Crippen LogP contribution in [-0.4, -0.2) is 26.3 Å². The number of benzene rings is 1. The van der Waals surface area contributed by atoms with Crippen LogP contribution in [0, 0.1) is 0 Å². The summed E-state index contributed by atoms with van der Waals surface area (Å²) in [5.41, 5.74) is 1.69. The van der Waals surface area contributed by atoms with E-state index in [9.17, 15) is 0 Å². The molecule has 0 amide bonds. The number of rotatable bonds is 6. The van der Waals surface area contributed by atoms with Gasteiger partial charge in [-0.1, -0.05) is 0 Å². The number of hydrogen-bond acceptors (Lipinski definition) is 5. The highest BCUT2D eigenvalue weighted by Crippen LogP contribution is 2.31. The summed E-state index contributed by atoms with van der Waals surface area (Å²) < 4.78 is 16.8. The largest absolute Gasteiger partial charge is 0.497 e. The van der Waals surface area contributed by atoms with Crippen molar-refractivity contribution in [2.75, 3.05) is 26.6 Å². The molecule has 1 N–H and O–H groups in total. The number of hydrogen-bond donors (Lipinski definition) is 1. The number of anilines is 1.